The summed E-state index contributed by atoms with van der Waals surface area (Å²) in [6.45, 7) is 2.19. The van der Waals surface area contributed by atoms with Gasteiger partial charge < -0.3 is 10.2 Å². The van der Waals surface area contributed by atoms with Crippen LogP contribution >= 0.6 is 0 Å². The Hall–Kier alpha value is -2.62. The summed E-state index contributed by atoms with van der Waals surface area (Å²) < 4.78 is 0. The summed E-state index contributed by atoms with van der Waals surface area (Å²) in [5.41, 5.74) is 7.26. The molecular formula is C25H25NO2. The molecule has 142 valence electrons. The normalized spacial score (nSPS) is 21.6. The van der Waals surface area contributed by atoms with Gasteiger partial charge in [-0.2, -0.15) is 0 Å². The number of rotatable bonds is 3. The first-order chi connectivity index (χ1) is 13.7. The molecule has 5 rings (SSSR count). The van der Waals surface area contributed by atoms with E-state index in [9.17, 15) is 10.2 Å². The van der Waals surface area contributed by atoms with Gasteiger partial charge in [0.15, 0.2) is 0 Å². The molecule has 0 spiro atoms. The van der Waals surface area contributed by atoms with Crippen LogP contribution in [0.1, 0.15) is 47.2 Å². The molecule has 0 aromatic heterocycles. The summed E-state index contributed by atoms with van der Waals surface area (Å²) in [4.78, 5) is 2.44. The van der Waals surface area contributed by atoms with E-state index in [0.717, 1.165) is 24.0 Å². The second kappa shape index (κ2) is 6.77. The van der Waals surface area contributed by atoms with E-state index in [1.54, 1.807) is 6.07 Å². The number of phenolic OH excluding ortho intramolecular Hbond substituents is 1. The molecule has 1 heterocycles. The minimum atomic E-state index is 0.0779. The molecule has 1 aliphatic heterocycles. The summed E-state index contributed by atoms with van der Waals surface area (Å²) in [6, 6.07) is 23.3. The van der Waals surface area contributed by atoms with Crippen molar-refractivity contribution in [3.8, 4) is 16.9 Å². The van der Waals surface area contributed by atoms with Crippen LogP contribution in [0.5, 0.6) is 5.75 Å². The molecule has 0 bridgehead atoms. The second-order valence-electron chi connectivity index (χ2n) is 8.02. The zero-order valence-electron chi connectivity index (χ0n) is 16.0. The van der Waals surface area contributed by atoms with Crippen molar-refractivity contribution in [2.24, 2.45) is 0 Å². The summed E-state index contributed by atoms with van der Waals surface area (Å²) in [6.07, 6.45) is 1.86. The number of nitrogens with zero attached hydrogens (tertiary/aromatic N) is 1. The maximum Gasteiger partial charge on any atom is 0.120 e. The molecule has 2 atom stereocenters. The first kappa shape index (κ1) is 17.5. The molecule has 2 N–H and O–H groups in total. The molecule has 1 saturated heterocycles. The maximum atomic E-state index is 10.6. The lowest BCUT2D eigenvalue weighted by Gasteiger charge is -2.36. The minimum absolute atomic E-state index is 0.0779. The van der Waals surface area contributed by atoms with E-state index in [0.29, 0.717) is 5.75 Å². The lowest BCUT2D eigenvalue weighted by atomic mass is 9.97. The Balaban J connectivity index is 1.68. The van der Waals surface area contributed by atoms with E-state index in [1.807, 2.05) is 6.07 Å². The van der Waals surface area contributed by atoms with Gasteiger partial charge in [0, 0.05) is 17.6 Å². The molecule has 0 amide bonds. The molecule has 28 heavy (non-hydrogen) atoms. The number of aryl methyl sites for hydroxylation is 1. The van der Waals surface area contributed by atoms with Crippen molar-refractivity contribution in [1.82, 2.24) is 4.90 Å². The summed E-state index contributed by atoms with van der Waals surface area (Å²) in [5.74, 6) is 0.346. The SMILES string of the molecule is Cc1ccc(O)c(C2CCC(CO)N2C2c3ccccc3-c3ccccc32)c1. The molecule has 3 aromatic carbocycles. The van der Waals surface area contributed by atoms with Gasteiger partial charge in [0.25, 0.3) is 0 Å². The van der Waals surface area contributed by atoms with Crippen molar-refractivity contribution in [3.63, 3.8) is 0 Å². The van der Waals surface area contributed by atoms with Gasteiger partial charge in [0.05, 0.1) is 12.6 Å². The van der Waals surface area contributed by atoms with E-state index in [4.69, 9.17) is 0 Å². The highest BCUT2D eigenvalue weighted by molar-refractivity contribution is 5.78. The number of benzene rings is 3. The monoisotopic (exact) mass is 371 g/mol. The maximum absolute atomic E-state index is 10.6. The third kappa shape index (κ3) is 2.58. The molecule has 2 aliphatic rings. The molecule has 1 aliphatic carbocycles. The van der Waals surface area contributed by atoms with Gasteiger partial charge in [0.2, 0.25) is 0 Å². The third-order valence-electron chi connectivity index (χ3n) is 6.41. The van der Waals surface area contributed by atoms with Gasteiger partial charge in [-0.1, -0.05) is 66.2 Å². The number of hydrogen-bond donors (Lipinski definition) is 2. The number of hydrogen-bond acceptors (Lipinski definition) is 3. The quantitative estimate of drug-likeness (QED) is 0.683. The van der Waals surface area contributed by atoms with Crippen LogP contribution in [-0.2, 0) is 0 Å². The zero-order valence-corrected chi connectivity index (χ0v) is 16.0. The van der Waals surface area contributed by atoms with Crippen molar-refractivity contribution < 1.29 is 10.2 Å². The van der Waals surface area contributed by atoms with Gasteiger partial charge in [-0.05, 0) is 48.1 Å². The van der Waals surface area contributed by atoms with Crippen LogP contribution < -0.4 is 0 Å². The number of aliphatic hydroxyl groups excluding tert-OH is 1. The van der Waals surface area contributed by atoms with Crippen LogP contribution in [0.15, 0.2) is 66.7 Å². The van der Waals surface area contributed by atoms with Gasteiger partial charge in [-0.25, -0.2) is 0 Å². The number of likely N-dealkylation sites (tertiary alicyclic amines) is 1. The first-order valence-electron chi connectivity index (χ1n) is 10.0. The Bertz CT molecular complexity index is 983. The summed E-state index contributed by atoms with van der Waals surface area (Å²) in [5, 5.41) is 20.8. The molecule has 2 unspecified atom stereocenters. The highest BCUT2D eigenvalue weighted by Crippen LogP contribution is 2.53. The Labute approximate surface area is 165 Å². The van der Waals surface area contributed by atoms with E-state index < -0.39 is 0 Å². The van der Waals surface area contributed by atoms with Crippen molar-refractivity contribution in [1.29, 1.82) is 0 Å². The molecular weight excluding hydrogens is 346 g/mol. The van der Waals surface area contributed by atoms with Crippen LogP contribution in [0, 0.1) is 6.92 Å². The first-order valence-corrected chi connectivity index (χ1v) is 10.0. The van der Waals surface area contributed by atoms with E-state index in [2.05, 4.69) is 66.4 Å². The fraction of sp³-hybridized carbons (Fsp3) is 0.280. The second-order valence-corrected chi connectivity index (χ2v) is 8.02. The predicted octanol–water partition coefficient (Wildman–Crippen LogP) is 4.97. The van der Waals surface area contributed by atoms with Gasteiger partial charge in [-0.3, -0.25) is 4.90 Å². The third-order valence-corrected chi connectivity index (χ3v) is 6.41. The van der Waals surface area contributed by atoms with E-state index in [1.165, 1.54) is 22.3 Å². The van der Waals surface area contributed by atoms with Crippen LogP contribution in [0.2, 0.25) is 0 Å². The van der Waals surface area contributed by atoms with Crippen molar-refractivity contribution in [2.45, 2.75) is 37.9 Å². The fourth-order valence-corrected chi connectivity index (χ4v) is 5.19. The van der Waals surface area contributed by atoms with E-state index in [-0.39, 0.29) is 24.7 Å². The Morgan fingerprint density at radius 2 is 1.50 bits per heavy atom. The van der Waals surface area contributed by atoms with Gasteiger partial charge in [-0.15, -0.1) is 0 Å². The van der Waals surface area contributed by atoms with Crippen LogP contribution in [0.4, 0.5) is 0 Å². The highest BCUT2D eigenvalue weighted by atomic mass is 16.3. The summed E-state index contributed by atoms with van der Waals surface area (Å²) in [7, 11) is 0. The number of aromatic hydroxyl groups is 1. The molecule has 3 nitrogen and oxygen atoms in total. The number of phenols is 1. The van der Waals surface area contributed by atoms with Crippen LogP contribution in [-0.4, -0.2) is 27.8 Å². The van der Waals surface area contributed by atoms with Crippen LogP contribution in [0.3, 0.4) is 0 Å². The lowest BCUT2D eigenvalue weighted by Crippen LogP contribution is -2.37. The largest absolute Gasteiger partial charge is 0.508 e. The Morgan fingerprint density at radius 1 is 0.857 bits per heavy atom. The lowest BCUT2D eigenvalue weighted by molar-refractivity contribution is 0.101. The molecule has 3 aromatic rings. The number of aliphatic hydroxyl groups is 1. The predicted molar refractivity (Wildman–Crippen MR) is 111 cm³/mol. The van der Waals surface area contributed by atoms with Crippen molar-refractivity contribution in [2.75, 3.05) is 6.61 Å². The smallest absolute Gasteiger partial charge is 0.120 e. The minimum Gasteiger partial charge on any atom is -0.508 e. The average molecular weight is 371 g/mol. The standard InChI is InChI=1S/C25H25NO2/c1-16-10-13-24(28)22(14-16)23-12-11-17(15-27)26(23)25-20-8-4-2-6-18(20)19-7-3-5-9-21(19)25/h2-10,13-14,17,23,25,27-28H,11-12,15H2,1H3. The molecule has 1 fully saturated rings. The van der Waals surface area contributed by atoms with Crippen molar-refractivity contribution in [3.05, 3.63) is 89.0 Å². The zero-order chi connectivity index (χ0) is 19.3. The summed E-state index contributed by atoms with van der Waals surface area (Å²) >= 11 is 0. The van der Waals surface area contributed by atoms with E-state index >= 15 is 0 Å². The fourth-order valence-electron chi connectivity index (χ4n) is 5.19. The van der Waals surface area contributed by atoms with Gasteiger partial charge >= 0.3 is 0 Å². The molecule has 0 radical (unpaired) electrons. The Kier molecular flexibility index (Phi) is 4.22. The Morgan fingerprint density at radius 3 is 2.14 bits per heavy atom. The van der Waals surface area contributed by atoms with Gasteiger partial charge in [0.1, 0.15) is 5.75 Å². The highest BCUT2D eigenvalue weighted by Gasteiger charge is 2.44. The number of fused-ring (bicyclic) bond motifs is 3. The molecule has 3 heteroatoms. The molecule has 0 saturated carbocycles. The van der Waals surface area contributed by atoms with Crippen LogP contribution in [0.25, 0.3) is 11.1 Å². The average Bonchev–Trinajstić information content (AvgIpc) is 3.28. The topological polar surface area (TPSA) is 43.7 Å². The van der Waals surface area contributed by atoms with Crippen molar-refractivity contribution >= 4 is 0 Å².